The minimum atomic E-state index is -0.641. The van der Waals surface area contributed by atoms with E-state index in [1.165, 1.54) is 25.7 Å². The monoisotopic (exact) mass is 201 g/mol. The molecule has 1 N–H and O–H groups in total. The van der Waals surface area contributed by atoms with Gasteiger partial charge in [-0.25, -0.2) is 0 Å². The number of rotatable bonds is 1. The van der Waals surface area contributed by atoms with Crippen LogP contribution in [-0.4, -0.2) is 39.7 Å². The van der Waals surface area contributed by atoms with E-state index in [2.05, 4.69) is 4.90 Å². The van der Waals surface area contributed by atoms with Crippen LogP contribution >= 0.6 is 11.8 Å². The summed E-state index contributed by atoms with van der Waals surface area (Å²) in [6.45, 7) is 1.85. The number of hydrogen-bond donors (Lipinski definition) is 1. The highest BCUT2D eigenvalue weighted by Gasteiger charge is 2.36. The zero-order valence-electron chi connectivity index (χ0n) is 7.61. The van der Waals surface area contributed by atoms with Gasteiger partial charge >= 0.3 is 5.97 Å². The van der Waals surface area contributed by atoms with Crippen LogP contribution in [0.25, 0.3) is 0 Å². The third kappa shape index (κ3) is 1.99. The van der Waals surface area contributed by atoms with Crippen molar-refractivity contribution in [3.63, 3.8) is 0 Å². The minimum Gasteiger partial charge on any atom is -0.480 e. The molecule has 2 atom stereocenters. The van der Waals surface area contributed by atoms with Crippen LogP contribution in [0, 0.1) is 0 Å². The van der Waals surface area contributed by atoms with Crippen molar-refractivity contribution in [3.8, 4) is 0 Å². The molecule has 2 fully saturated rings. The van der Waals surface area contributed by atoms with Gasteiger partial charge in [-0.2, -0.15) is 0 Å². The molecule has 2 unspecified atom stereocenters. The molecule has 0 spiro atoms. The Bertz CT molecular complexity index is 196. The average Bonchev–Trinajstić information content (AvgIpc) is 2.38. The van der Waals surface area contributed by atoms with Crippen LogP contribution in [0.15, 0.2) is 0 Å². The lowest BCUT2D eigenvalue weighted by molar-refractivity contribution is -0.136. The Kier molecular flexibility index (Phi) is 2.79. The number of aliphatic carboxylic acids is 1. The first-order chi connectivity index (χ1) is 6.27. The van der Waals surface area contributed by atoms with Gasteiger partial charge < -0.3 is 5.11 Å². The second kappa shape index (κ2) is 3.88. The second-order valence-corrected chi connectivity index (χ2v) is 5.15. The normalized spacial score (nSPS) is 35.4. The van der Waals surface area contributed by atoms with E-state index in [-0.39, 0.29) is 5.25 Å². The fourth-order valence-electron chi connectivity index (χ4n) is 2.08. The summed E-state index contributed by atoms with van der Waals surface area (Å²) in [6, 6.07) is 0. The van der Waals surface area contributed by atoms with Gasteiger partial charge in [0.25, 0.3) is 0 Å². The summed E-state index contributed by atoms with van der Waals surface area (Å²) in [6.07, 6.45) is 4.99. The van der Waals surface area contributed by atoms with Crippen molar-refractivity contribution in [3.05, 3.63) is 0 Å². The highest BCUT2D eigenvalue weighted by atomic mass is 32.2. The molecule has 2 saturated heterocycles. The van der Waals surface area contributed by atoms with Crippen LogP contribution in [-0.2, 0) is 4.79 Å². The van der Waals surface area contributed by atoms with Crippen molar-refractivity contribution in [2.24, 2.45) is 0 Å². The smallest absolute Gasteiger partial charge is 0.318 e. The summed E-state index contributed by atoms with van der Waals surface area (Å²) in [5.41, 5.74) is 0. The van der Waals surface area contributed by atoms with E-state index in [1.807, 2.05) is 0 Å². The molecule has 0 amide bonds. The number of nitrogens with zero attached hydrogens (tertiary/aromatic N) is 1. The van der Waals surface area contributed by atoms with E-state index >= 15 is 0 Å². The second-order valence-electron chi connectivity index (χ2n) is 3.76. The molecule has 0 aromatic rings. The van der Waals surface area contributed by atoms with Crippen LogP contribution in [0.2, 0.25) is 0 Å². The fourth-order valence-corrected chi connectivity index (χ4v) is 3.52. The first-order valence-corrected chi connectivity index (χ1v) is 5.84. The summed E-state index contributed by atoms with van der Waals surface area (Å²) in [7, 11) is 0. The van der Waals surface area contributed by atoms with E-state index in [4.69, 9.17) is 5.11 Å². The molecular weight excluding hydrogens is 186 g/mol. The van der Waals surface area contributed by atoms with Crippen molar-refractivity contribution in [1.29, 1.82) is 0 Å². The van der Waals surface area contributed by atoms with Crippen molar-refractivity contribution in [2.75, 3.05) is 13.1 Å². The number of carboxylic acid groups (broad SMARTS) is 1. The maximum atomic E-state index is 10.8. The molecule has 0 aromatic heterocycles. The van der Waals surface area contributed by atoms with Crippen molar-refractivity contribution >= 4 is 17.7 Å². The maximum absolute atomic E-state index is 10.8. The molecule has 0 aliphatic carbocycles. The molecular formula is C9H15NO2S. The Labute approximate surface area is 82.5 Å². The highest BCUT2D eigenvalue weighted by molar-refractivity contribution is 8.01. The molecule has 2 rings (SSSR count). The lowest BCUT2D eigenvalue weighted by Gasteiger charge is -2.19. The van der Waals surface area contributed by atoms with Gasteiger partial charge in [0.15, 0.2) is 0 Å². The summed E-state index contributed by atoms with van der Waals surface area (Å²) >= 11 is 1.64. The van der Waals surface area contributed by atoms with Gasteiger partial charge in [-0.1, -0.05) is 12.8 Å². The summed E-state index contributed by atoms with van der Waals surface area (Å²) < 4.78 is 0. The van der Waals surface area contributed by atoms with E-state index in [1.54, 1.807) is 11.8 Å². The Hall–Kier alpha value is -0.220. The number of carbonyl (C=O) groups is 1. The Morgan fingerprint density at radius 3 is 3.00 bits per heavy atom. The third-order valence-corrected chi connectivity index (χ3v) is 4.33. The van der Waals surface area contributed by atoms with Crippen LogP contribution in [0.4, 0.5) is 0 Å². The lowest BCUT2D eigenvalue weighted by atomic mass is 10.2. The molecule has 3 nitrogen and oxygen atoms in total. The molecule has 4 heteroatoms. The first-order valence-electron chi connectivity index (χ1n) is 4.89. The Morgan fingerprint density at radius 2 is 2.23 bits per heavy atom. The van der Waals surface area contributed by atoms with Crippen LogP contribution in [0.3, 0.4) is 0 Å². The van der Waals surface area contributed by atoms with Crippen molar-refractivity contribution < 1.29 is 9.90 Å². The molecule has 0 radical (unpaired) electrons. The SMILES string of the molecule is O=C(O)C1CN2CCCCCC2S1. The molecule has 74 valence electrons. The van der Waals surface area contributed by atoms with E-state index < -0.39 is 5.97 Å². The zero-order chi connectivity index (χ0) is 9.26. The number of carboxylic acids is 1. The number of hydrogen-bond acceptors (Lipinski definition) is 3. The third-order valence-electron chi connectivity index (χ3n) is 2.80. The van der Waals surface area contributed by atoms with E-state index in [9.17, 15) is 4.79 Å². The summed E-state index contributed by atoms with van der Waals surface area (Å²) in [5, 5.41) is 9.19. The fraction of sp³-hybridized carbons (Fsp3) is 0.889. The standard InChI is InChI=1S/C9H15NO2S/c11-9(12)7-6-10-5-3-1-2-4-8(10)13-7/h7-8H,1-6H2,(H,11,12). The molecule has 2 heterocycles. The first kappa shape index (κ1) is 9.34. The molecule has 0 aromatic carbocycles. The van der Waals surface area contributed by atoms with Gasteiger partial charge in [0, 0.05) is 6.54 Å². The van der Waals surface area contributed by atoms with Crippen LogP contribution in [0.1, 0.15) is 25.7 Å². The number of thioether (sulfide) groups is 1. The maximum Gasteiger partial charge on any atom is 0.318 e. The predicted octanol–water partition coefficient (Wildman–Crippen LogP) is 1.39. The van der Waals surface area contributed by atoms with Crippen LogP contribution < -0.4 is 0 Å². The van der Waals surface area contributed by atoms with E-state index in [0.29, 0.717) is 5.37 Å². The lowest BCUT2D eigenvalue weighted by Crippen LogP contribution is -2.30. The van der Waals surface area contributed by atoms with Crippen molar-refractivity contribution in [1.82, 2.24) is 4.90 Å². The predicted molar refractivity (Wildman–Crippen MR) is 52.8 cm³/mol. The minimum absolute atomic E-state index is 0.178. The van der Waals surface area contributed by atoms with Gasteiger partial charge in [-0.15, -0.1) is 11.8 Å². The van der Waals surface area contributed by atoms with Crippen molar-refractivity contribution in [2.45, 2.75) is 36.3 Å². The summed E-state index contributed by atoms with van der Waals surface area (Å²) in [5.74, 6) is -0.641. The largest absolute Gasteiger partial charge is 0.480 e. The summed E-state index contributed by atoms with van der Waals surface area (Å²) in [4.78, 5) is 13.1. The Morgan fingerprint density at radius 1 is 1.38 bits per heavy atom. The topological polar surface area (TPSA) is 40.5 Å². The van der Waals surface area contributed by atoms with Gasteiger partial charge in [0.05, 0.1) is 5.37 Å². The highest BCUT2D eigenvalue weighted by Crippen LogP contribution is 2.35. The van der Waals surface area contributed by atoms with Gasteiger partial charge in [-0.05, 0) is 19.4 Å². The Balaban J connectivity index is 1.97. The number of fused-ring (bicyclic) bond motifs is 1. The quantitative estimate of drug-likeness (QED) is 0.696. The molecule has 0 saturated carbocycles. The van der Waals surface area contributed by atoms with Gasteiger partial charge in [0.1, 0.15) is 5.25 Å². The van der Waals surface area contributed by atoms with Gasteiger partial charge in [-0.3, -0.25) is 9.69 Å². The molecule has 2 aliphatic rings. The molecule has 13 heavy (non-hydrogen) atoms. The van der Waals surface area contributed by atoms with Gasteiger partial charge in [0.2, 0.25) is 0 Å². The molecule has 2 aliphatic heterocycles. The average molecular weight is 201 g/mol. The van der Waals surface area contributed by atoms with Crippen LogP contribution in [0.5, 0.6) is 0 Å². The van der Waals surface area contributed by atoms with E-state index in [0.717, 1.165) is 13.1 Å². The molecule has 0 bridgehead atoms. The zero-order valence-corrected chi connectivity index (χ0v) is 8.42.